The minimum atomic E-state index is -3.80. The van der Waals surface area contributed by atoms with E-state index >= 15 is 0 Å². The summed E-state index contributed by atoms with van der Waals surface area (Å²) in [6.07, 6.45) is 1.73. The number of sulfonamides is 1. The van der Waals surface area contributed by atoms with Gasteiger partial charge in [-0.05, 0) is 68.4 Å². The molecule has 7 nitrogen and oxygen atoms in total. The molecule has 3 rings (SSSR count). The largest absolute Gasteiger partial charge is 0.497 e. The molecule has 0 unspecified atom stereocenters. The molecule has 0 bridgehead atoms. The summed E-state index contributed by atoms with van der Waals surface area (Å²) in [7, 11) is -2.26. The smallest absolute Gasteiger partial charge is 0.261 e. The summed E-state index contributed by atoms with van der Waals surface area (Å²) in [5, 5.41) is 6.21. The van der Waals surface area contributed by atoms with E-state index in [1.807, 2.05) is 0 Å². The van der Waals surface area contributed by atoms with E-state index < -0.39 is 10.0 Å². The zero-order chi connectivity index (χ0) is 19.3. The number of methoxy groups -OCH3 is 1. The van der Waals surface area contributed by atoms with E-state index in [1.54, 1.807) is 43.5 Å². The van der Waals surface area contributed by atoms with Gasteiger partial charge >= 0.3 is 0 Å². The molecule has 1 amide bonds. The standard InChI is InChI=1S/C19H23N3O4S.ClH/c1-26-17-7-5-16(6-8-17)22-27(24,25)18-4-2-3-14(13-18)19(23)21-15-9-11-20-12-10-15;/h2-8,13,15,20,22H,9-12H2,1H3,(H,21,23);1H. The van der Waals surface area contributed by atoms with Gasteiger partial charge in [0.1, 0.15) is 5.75 Å². The number of halogens is 1. The lowest BCUT2D eigenvalue weighted by atomic mass is 10.1. The fourth-order valence-corrected chi connectivity index (χ4v) is 4.02. The molecule has 3 N–H and O–H groups in total. The van der Waals surface area contributed by atoms with Crippen LogP contribution in [0.25, 0.3) is 0 Å². The maximum absolute atomic E-state index is 12.6. The quantitative estimate of drug-likeness (QED) is 0.660. The average molecular weight is 426 g/mol. The molecule has 0 atom stereocenters. The van der Waals surface area contributed by atoms with Gasteiger partial charge in [-0.1, -0.05) is 6.07 Å². The van der Waals surface area contributed by atoms with Crippen LogP contribution in [-0.2, 0) is 10.0 Å². The number of anilines is 1. The van der Waals surface area contributed by atoms with E-state index in [9.17, 15) is 13.2 Å². The zero-order valence-electron chi connectivity index (χ0n) is 15.5. The highest BCUT2D eigenvalue weighted by Gasteiger charge is 2.19. The van der Waals surface area contributed by atoms with Crippen molar-refractivity contribution in [3.63, 3.8) is 0 Å². The summed E-state index contributed by atoms with van der Waals surface area (Å²) in [6.45, 7) is 1.73. The molecule has 0 radical (unpaired) electrons. The Hall–Kier alpha value is -2.29. The van der Waals surface area contributed by atoms with Crippen molar-refractivity contribution in [3.8, 4) is 5.75 Å². The summed E-state index contributed by atoms with van der Waals surface area (Å²) in [5.41, 5.74) is 0.742. The summed E-state index contributed by atoms with van der Waals surface area (Å²) >= 11 is 0. The lowest BCUT2D eigenvalue weighted by Gasteiger charge is -2.23. The van der Waals surface area contributed by atoms with Crippen molar-refractivity contribution in [3.05, 3.63) is 54.1 Å². The molecule has 28 heavy (non-hydrogen) atoms. The van der Waals surface area contributed by atoms with Gasteiger partial charge < -0.3 is 15.4 Å². The fourth-order valence-electron chi connectivity index (χ4n) is 2.91. The molecular formula is C19H24ClN3O4S. The van der Waals surface area contributed by atoms with Gasteiger partial charge in [0, 0.05) is 17.3 Å². The van der Waals surface area contributed by atoms with Crippen LogP contribution < -0.4 is 20.1 Å². The van der Waals surface area contributed by atoms with Crippen LogP contribution in [0, 0.1) is 0 Å². The molecule has 1 fully saturated rings. The summed E-state index contributed by atoms with van der Waals surface area (Å²) < 4.78 is 32.8. The van der Waals surface area contributed by atoms with Crippen molar-refractivity contribution in [2.24, 2.45) is 0 Å². The summed E-state index contributed by atoms with van der Waals surface area (Å²) in [6, 6.07) is 12.7. The van der Waals surface area contributed by atoms with Gasteiger partial charge in [0.15, 0.2) is 0 Å². The number of piperidine rings is 1. The Bertz CT molecular complexity index is 898. The SMILES string of the molecule is COc1ccc(NS(=O)(=O)c2cccc(C(=O)NC3CCNCC3)c2)cc1.Cl. The third-order valence-corrected chi connectivity index (χ3v) is 5.80. The van der Waals surface area contributed by atoms with Crippen molar-refractivity contribution in [2.45, 2.75) is 23.8 Å². The van der Waals surface area contributed by atoms with Crippen molar-refractivity contribution in [2.75, 3.05) is 24.9 Å². The number of hydrogen-bond donors (Lipinski definition) is 3. The van der Waals surface area contributed by atoms with Crippen LogP contribution in [0.3, 0.4) is 0 Å². The molecule has 1 aliphatic heterocycles. The van der Waals surface area contributed by atoms with Gasteiger partial charge in [-0.25, -0.2) is 8.42 Å². The Morgan fingerprint density at radius 1 is 1.11 bits per heavy atom. The Kier molecular flexibility index (Phi) is 7.68. The first-order valence-corrected chi connectivity index (χ1v) is 10.2. The zero-order valence-corrected chi connectivity index (χ0v) is 17.1. The first-order valence-electron chi connectivity index (χ1n) is 8.76. The minimum Gasteiger partial charge on any atom is -0.497 e. The first kappa shape index (κ1) is 22.0. The number of nitrogens with one attached hydrogen (secondary N) is 3. The Morgan fingerprint density at radius 2 is 1.79 bits per heavy atom. The van der Waals surface area contributed by atoms with Gasteiger partial charge in [-0.3, -0.25) is 9.52 Å². The molecule has 9 heteroatoms. The van der Waals surface area contributed by atoms with E-state index in [1.165, 1.54) is 12.1 Å². The number of hydrogen-bond acceptors (Lipinski definition) is 5. The van der Waals surface area contributed by atoms with Crippen LogP contribution in [0.2, 0.25) is 0 Å². The molecule has 0 aliphatic carbocycles. The van der Waals surface area contributed by atoms with Crippen molar-refractivity contribution in [1.82, 2.24) is 10.6 Å². The number of amides is 1. The predicted molar refractivity (Wildman–Crippen MR) is 111 cm³/mol. The molecule has 0 saturated carbocycles. The fraction of sp³-hybridized carbons (Fsp3) is 0.316. The second-order valence-electron chi connectivity index (χ2n) is 6.36. The number of ether oxygens (including phenoxy) is 1. The molecule has 152 valence electrons. The summed E-state index contributed by atoms with van der Waals surface area (Å²) in [4.78, 5) is 12.5. The van der Waals surface area contributed by atoms with Gasteiger partial charge in [0.05, 0.1) is 12.0 Å². The number of rotatable bonds is 6. The van der Waals surface area contributed by atoms with Crippen LogP contribution in [0.4, 0.5) is 5.69 Å². The lowest BCUT2D eigenvalue weighted by Crippen LogP contribution is -2.42. The Labute approximate surface area is 171 Å². The highest BCUT2D eigenvalue weighted by molar-refractivity contribution is 7.92. The molecule has 1 saturated heterocycles. The van der Waals surface area contributed by atoms with Gasteiger partial charge in [0.25, 0.3) is 15.9 Å². The van der Waals surface area contributed by atoms with Gasteiger partial charge in [0.2, 0.25) is 0 Å². The Balaban J connectivity index is 0.00000280. The lowest BCUT2D eigenvalue weighted by molar-refractivity contribution is 0.0929. The molecule has 0 spiro atoms. The molecule has 2 aromatic carbocycles. The second kappa shape index (κ2) is 9.77. The van der Waals surface area contributed by atoms with Crippen LogP contribution in [0.5, 0.6) is 5.75 Å². The van der Waals surface area contributed by atoms with Crippen molar-refractivity contribution in [1.29, 1.82) is 0 Å². The third-order valence-electron chi connectivity index (χ3n) is 4.42. The minimum absolute atomic E-state index is 0. The van der Waals surface area contributed by atoms with Gasteiger partial charge in [-0.2, -0.15) is 0 Å². The van der Waals surface area contributed by atoms with E-state index in [-0.39, 0.29) is 29.3 Å². The summed E-state index contributed by atoms with van der Waals surface area (Å²) in [5.74, 6) is 0.373. The van der Waals surface area contributed by atoms with E-state index in [4.69, 9.17) is 4.74 Å². The molecule has 2 aromatic rings. The Morgan fingerprint density at radius 3 is 2.43 bits per heavy atom. The van der Waals surface area contributed by atoms with Crippen LogP contribution in [-0.4, -0.2) is 40.6 Å². The highest BCUT2D eigenvalue weighted by atomic mass is 35.5. The van der Waals surface area contributed by atoms with E-state index in [0.717, 1.165) is 25.9 Å². The normalized spacial score (nSPS) is 14.6. The molecule has 1 aliphatic rings. The highest BCUT2D eigenvalue weighted by Crippen LogP contribution is 2.20. The first-order chi connectivity index (χ1) is 13.0. The average Bonchev–Trinajstić information content (AvgIpc) is 2.69. The topological polar surface area (TPSA) is 96.5 Å². The number of benzene rings is 2. The molecular weight excluding hydrogens is 402 g/mol. The maximum atomic E-state index is 12.6. The van der Waals surface area contributed by atoms with E-state index in [2.05, 4.69) is 15.4 Å². The van der Waals surface area contributed by atoms with Crippen LogP contribution in [0.1, 0.15) is 23.2 Å². The van der Waals surface area contributed by atoms with Gasteiger partial charge in [-0.15, -0.1) is 12.4 Å². The number of carbonyl (C=O) groups is 1. The van der Waals surface area contributed by atoms with Crippen LogP contribution in [0.15, 0.2) is 53.4 Å². The predicted octanol–water partition coefficient (Wildman–Crippen LogP) is 2.40. The van der Waals surface area contributed by atoms with Crippen molar-refractivity contribution >= 4 is 34.0 Å². The number of carbonyl (C=O) groups excluding carboxylic acids is 1. The maximum Gasteiger partial charge on any atom is 0.261 e. The third kappa shape index (κ3) is 5.60. The molecule has 0 aromatic heterocycles. The monoisotopic (exact) mass is 425 g/mol. The molecule has 1 heterocycles. The van der Waals surface area contributed by atoms with Crippen molar-refractivity contribution < 1.29 is 17.9 Å². The second-order valence-corrected chi connectivity index (χ2v) is 8.04. The van der Waals surface area contributed by atoms with Crippen LogP contribution >= 0.6 is 12.4 Å². The van der Waals surface area contributed by atoms with E-state index in [0.29, 0.717) is 17.0 Å².